The zero-order valence-corrected chi connectivity index (χ0v) is 18.6. The van der Waals surface area contributed by atoms with Gasteiger partial charge in [-0.3, -0.25) is 0 Å². The summed E-state index contributed by atoms with van der Waals surface area (Å²) >= 11 is 0. The number of nitrogens with one attached hydrogen (secondary N) is 1. The average molecular weight is 416 g/mol. The first-order chi connectivity index (χ1) is 14.6. The molecule has 1 N–H and O–H groups in total. The monoisotopic (exact) mass is 415 g/mol. The van der Waals surface area contributed by atoms with Gasteiger partial charge in [0.2, 0.25) is 6.79 Å². The molecule has 2 aliphatic heterocycles. The highest BCUT2D eigenvalue weighted by molar-refractivity contribution is 5.73. The Labute approximate surface area is 180 Å². The van der Waals surface area contributed by atoms with E-state index in [1.54, 1.807) is 19.0 Å². The highest BCUT2D eigenvalue weighted by Crippen LogP contribution is 2.42. The van der Waals surface area contributed by atoms with Gasteiger partial charge in [-0.15, -0.1) is 0 Å². The number of nitrogens with zero attached hydrogens (tertiary/aromatic N) is 2. The Balaban J connectivity index is 1.14. The van der Waals surface area contributed by atoms with Gasteiger partial charge in [0.05, 0.1) is 0 Å². The topological polar surface area (TPSA) is 54.0 Å². The fourth-order valence-corrected chi connectivity index (χ4v) is 5.22. The van der Waals surface area contributed by atoms with Gasteiger partial charge in [-0.25, -0.2) is 4.79 Å². The third-order valence-electron chi connectivity index (χ3n) is 7.22. The molecule has 0 aromatic heterocycles. The number of hydrogen-bond donors (Lipinski definition) is 1. The molecule has 1 aromatic carbocycles. The maximum atomic E-state index is 11.7. The van der Waals surface area contributed by atoms with E-state index in [9.17, 15) is 4.79 Å². The van der Waals surface area contributed by atoms with Gasteiger partial charge in [0.25, 0.3) is 0 Å². The number of rotatable bonds is 6. The van der Waals surface area contributed by atoms with E-state index in [1.165, 1.54) is 70.1 Å². The van der Waals surface area contributed by atoms with E-state index in [2.05, 4.69) is 22.3 Å². The summed E-state index contributed by atoms with van der Waals surface area (Å²) in [6.07, 6.45) is 8.86. The van der Waals surface area contributed by atoms with Gasteiger partial charge >= 0.3 is 6.03 Å². The van der Waals surface area contributed by atoms with Crippen molar-refractivity contribution in [3.05, 3.63) is 23.8 Å². The van der Waals surface area contributed by atoms with Gasteiger partial charge in [0, 0.05) is 26.2 Å². The Morgan fingerprint density at radius 2 is 1.80 bits per heavy atom. The van der Waals surface area contributed by atoms with E-state index in [0.717, 1.165) is 24.0 Å². The molecule has 1 saturated heterocycles. The Morgan fingerprint density at radius 1 is 1.07 bits per heavy atom. The molecule has 0 spiro atoms. The van der Waals surface area contributed by atoms with Crippen molar-refractivity contribution >= 4 is 6.03 Å². The number of para-hydroxylation sites is 1. The van der Waals surface area contributed by atoms with Crippen LogP contribution in [0, 0.1) is 11.8 Å². The molecule has 6 heteroatoms. The summed E-state index contributed by atoms with van der Waals surface area (Å²) in [4.78, 5) is 16.0. The third kappa shape index (κ3) is 5.20. The molecule has 6 nitrogen and oxygen atoms in total. The highest BCUT2D eigenvalue weighted by atomic mass is 16.7. The van der Waals surface area contributed by atoms with E-state index in [1.807, 2.05) is 6.07 Å². The first-order valence-corrected chi connectivity index (χ1v) is 11.7. The van der Waals surface area contributed by atoms with Crippen molar-refractivity contribution in [3.63, 3.8) is 0 Å². The molecular weight excluding hydrogens is 378 g/mol. The Morgan fingerprint density at radius 3 is 2.53 bits per heavy atom. The van der Waals surface area contributed by atoms with Crippen LogP contribution in [0.5, 0.6) is 11.5 Å². The SMILES string of the molecule is CN(C)C(=O)NCC1CCC(CCN2CCC(c3cccc4c3OCO4)CC2)CC1. The summed E-state index contributed by atoms with van der Waals surface area (Å²) in [6.45, 7) is 4.78. The number of ether oxygens (including phenoxy) is 2. The Kier molecular flexibility index (Phi) is 7.03. The molecule has 1 aliphatic carbocycles. The Bertz CT molecular complexity index is 708. The number of carbonyl (C=O) groups excluding carboxylic acids is 1. The lowest BCUT2D eigenvalue weighted by Gasteiger charge is -2.34. The lowest BCUT2D eigenvalue weighted by Crippen LogP contribution is -2.38. The van der Waals surface area contributed by atoms with Gasteiger partial charge in [-0.1, -0.05) is 25.0 Å². The van der Waals surface area contributed by atoms with Crippen LogP contribution in [0.3, 0.4) is 0 Å². The maximum absolute atomic E-state index is 11.7. The molecule has 2 amide bonds. The molecule has 166 valence electrons. The zero-order chi connectivity index (χ0) is 20.9. The van der Waals surface area contributed by atoms with Gasteiger partial charge in [-0.05, 0) is 75.6 Å². The van der Waals surface area contributed by atoms with Crippen LogP contribution in [0.25, 0.3) is 0 Å². The van der Waals surface area contributed by atoms with E-state index >= 15 is 0 Å². The lowest BCUT2D eigenvalue weighted by atomic mass is 9.80. The molecule has 2 fully saturated rings. The van der Waals surface area contributed by atoms with Crippen LogP contribution in [0.1, 0.15) is 56.4 Å². The second-order valence-electron chi connectivity index (χ2n) is 9.45. The number of fused-ring (bicyclic) bond motifs is 1. The number of likely N-dealkylation sites (tertiary alicyclic amines) is 1. The number of urea groups is 1. The average Bonchev–Trinajstić information content (AvgIpc) is 3.26. The molecular formula is C24H37N3O3. The summed E-state index contributed by atoms with van der Waals surface area (Å²) in [5.41, 5.74) is 1.34. The van der Waals surface area contributed by atoms with Gasteiger partial charge in [-0.2, -0.15) is 0 Å². The standard InChI is InChI=1S/C24H37N3O3/c1-26(2)24(28)25-16-19-8-6-18(7-9-19)10-13-27-14-11-20(12-15-27)21-4-3-5-22-23(21)30-17-29-22/h3-5,18-20H,6-17H2,1-2H3,(H,25,28). The van der Waals surface area contributed by atoms with Crippen molar-refractivity contribution in [1.29, 1.82) is 0 Å². The van der Waals surface area contributed by atoms with E-state index in [4.69, 9.17) is 9.47 Å². The summed E-state index contributed by atoms with van der Waals surface area (Å²) in [5, 5.41) is 3.05. The van der Waals surface area contributed by atoms with E-state index < -0.39 is 0 Å². The van der Waals surface area contributed by atoms with Crippen molar-refractivity contribution in [3.8, 4) is 11.5 Å². The quantitative estimate of drug-likeness (QED) is 0.761. The molecule has 0 bridgehead atoms. The summed E-state index contributed by atoms with van der Waals surface area (Å²) < 4.78 is 11.3. The minimum atomic E-state index is 0.0278. The van der Waals surface area contributed by atoms with Crippen molar-refractivity contribution < 1.29 is 14.3 Å². The van der Waals surface area contributed by atoms with Crippen molar-refractivity contribution in [1.82, 2.24) is 15.1 Å². The summed E-state index contributed by atoms with van der Waals surface area (Å²) in [5.74, 6) is 3.98. The number of hydrogen-bond acceptors (Lipinski definition) is 4. The predicted molar refractivity (Wildman–Crippen MR) is 118 cm³/mol. The number of carbonyl (C=O) groups is 1. The lowest BCUT2D eigenvalue weighted by molar-refractivity contribution is 0.167. The van der Waals surface area contributed by atoms with Crippen molar-refractivity contribution in [2.24, 2.45) is 11.8 Å². The number of amides is 2. The first-order valence-electron chi connectivity index (χ1n) is 11.7. The van der Waals surface area contributed by atoms with Crippen LogP contribution in [-0.4, -0.2) is 62.9 Å². The van der Waals surface area contributed by atoms with Gasteiger partial charge in [0.15, 0.2) is 11.5 Å². The molecule has 30 heavy (non-hydrogen) atoms. The smallest absolute Gasteiger partial charge is 0.316 e. The largest absolute Gasteiger partial charge is 0.454 e. The van der Waals surface area contributed by atoms with Gasteiger partial charge < -0.3 is 24.6 Å². The van der Waals surface area contributed by atoms with Crippen LogP contribution < -0.4 is 14.8 Å². The normalized spacial score (nSPS) is 24.6. The molecule has 0 radical (unpaired) electrons. The Hall–Kier alpha value is -1.95. The second-order valence-corrected chi connectivity index (χ2v) is 9.45. The first kappa shape index (κ1) is 21.3. The third-order valence-corrected chi connectivity index (χ3v) is 7.22. The van der Waals surface area contributed by atoms with Gasteiger partial charge in [0.1, 0.15) is 0 Å². The fraction of sp³-hybridized carbons (Fsp3) is 0.708. The molecule has 1 saturated carbocycles. The minimum Gasteiger partial charge on any atom is -0.454 e. The molecule has 4 rings (SSSR count). The number of benzene rings is 1. The van der Waals surface area contributed by atoms with E-state index in [0.29, 0.717) is 18.6 Å². The second kappa shape index (κ2) is 9.90. The predicted octanol–water partition coefficient (Wildman–Crippen LogP) is 4.06. The fourth-order valence-electron chi connectivity index (χ4n) is 5.22. The van der Waals surface area contributed by atoms with Crippen LogP contribution >= 0.6 is 0 Å². The molecule has 0 atom stereocenters. The molecule has 3 aliphatic rings. The molecule has 0 unspecified atom stereocenters. The van der Waals surface area contributed by atoms with Crippen LogP contribution in [0.15, 0.2) is 18.2 Å². The van der Waals surface area contributed by atoms with Crippen LogP contribution in [0.4, 0.5) is 4.79 Å². The van der Waals surface area contributed by atoms with Crippen LogP contribution in [-0.2, 0) is 0 Å². The minimum absolute atomic E-state index is 0.0278. The molecule has 2 heterocycles. The van der Waals surface area contributed by atoms with E-state index in [-0.39, 0.29) is 6.03 Å². The van der Waals surface area contributed by atoms with Crippen molar-refractivity contribution in [2.45, 2.75) is 50.9 Å². The van der Waals surface area contributed by atoms with Crippen molar-refractivity contribution in [2.75, 3.05) is 47.1 Å². The highest BCUT2D eigenvalue weighted by Gasteiger charge is 2.28. The van der Waals surface area contributed by atoms with Crippen LogP contribution in [0.2, 0.25) is 0 Å². The zero-order valence-electron chi connectivity index (χ0n) is 18.6. The summed E-state index contributed by atoms with van der Waals surface area (Å²) in [7, 11) is 3.59. The molecule has 1 aromatic rings. The summed E-state index contributed by atoms with van der Waals surface area (Å²) in [6, 6.07) is 6.34. The maximum Gasteiger partial charge on any atom is 0.316 e. The number of piperidine rings is 1.